The monoisotopic (exact) mass is 238 g/mol. The molecule has 6 heteroatoms. The molecular weight excluding hydrogens is 220 g/mol. The zero-order valence-corrected chi connectivity index (χ0v) is 9.99. The highest BCUT2D eigenvalue weighted by molar-refractivity contribution is 5.90. The summed E-state index contributed by atoms with van der Waals surface area (Å²) in [6.45, 7) is 2.01. The molecule has 17 heavy (non-hydrogen) atoms. The van der Waals surface area contributed by atoms with Gasteiger partial charge in [-0.2, -0.15) is 0 Å². The summed E-state index contributed by atoms with van der Waals surface area (Å²) in [4.78, 5) is 15.6. The lowest BCUT2D eigenvalue weighted by Crippen LogP contribution is -2.44. The summed E-state index contributed by atoms with van der Waals surface area (Å²) in [6, 6.07) is 0. The van der Waals surface area contributed by atoms with Gasteiger partial charge >= 0.3 is 0 Å². The Morgan fingerprint density at radius 2 is 2.18 bits per heavy atom. The Hall–Kier alpha value is -1.43. The van der Waals surface area contributed by atoms with Gasteiger partial charge in [-0.15, -0.1) is 5.10 Å². The zero-order valence-electron chi connectivity index (χ0n) is 9.99. The Morgan fingerprint density at radius 1 is 1.47 bits per heavy atom. The van der Waals surface area contributed by atoms with E-state index >= 15 is 0 Å². The molecule has 94 valence electrons. The summed E-state index contributed by atoms with van der Waals surface area (Å²) < 4.78 is 0. The summed E-state index contributed by atoms with van der Waals surface area (Å²) in [7, 11) is 0. The Morgan fingerprint density at radius 3 is 2.76 bits per heavy atom. The van der Waals surface area contributed by atoms with Crippen LogP contribution in [0.5, 0.6) is 0 Å². The molecule has 1 saturated carbocycles. The van der Waals surface area contributed by atoms with Crippen LogP contribution in [-0.4, -0.2) is 38.3 Å². The maximum atomic E-state index is 11.7. The Balaban J connectivity index is 1.87. The van der Waals surface area contributed by atoms with Crippen molar-refractivity contribution in [3.8, 4) is 0 Å². The van der Waals surface area contributed by atoms with Crippen LogP contribution in [0.2, 0.25) is 0 Å². The van der Waals surface area contributed by atoms with Gasteiger partial charge in [0.15, 0.2) is 0 Å². The number of aryl methyl sites for hydroxylation is 1. The first-order valence-electron chi connectivity index (χ1n) is 5.99. The molecular formula is C11H18N4O2. The average molecular weight is 238 g/mol. The van der Waals surface area contributed by atoms with Crippen LogP contribution in [0.1, 0.15) is 48.5 Å². The van der Waals surface area contributed by atoms with Crippen molar-refractivity contribution in [2.75, 3.05) is 6.54 Å². The van der Waals surface area contributed by atoms with E-state index in [0.29, 0.717) is 5.82 Å². The number of hydrogen-bond acceptors (Lipinski definition) is 4. The molecule has 1 fully saturated rings. The lowest BCUT2D eigenvalue weighted by Gasteiger charge is -2.31. The normalized spacial score (nSPS) is 18.9. The standard InChI is InChI=1S/C11H18N4O2/c1-8-13-9(15-14-8)10(16)12-7-11(17)5-3-2-4-6-11/h17H,2-7H2,1H3,(H,12,16)(H,13,14,15). The number of aromatic nitrogens is 3. The van der Waals surface area contributed by atoms with Gasteiger partial charge in [0.1, 0.15) is 5.82 Å². The van der Waals surface area contributed by atoms with Gasteiger partial charge in [0.05, 0.1) is 5.60 Å². The van der Waals surface area contributed by atoms with Crippen molar-refractivity contribution in [3.63, 3.8) is 0 Å². The molecule has 1 aromatic rings. The first-order chi connectivity index (χ1) is 8.09. The van der Waals surface area contributed by atoms with Crippen LogP contribution in [-0.2, 0) is 0 Å². The van der Waals surface area contributed by atoms with E-state index in [1.165, 1.54) is 0 Å². The predicted octanol–water partition coefficient (Wildman–Crippen LogP) is 0.538. The highest BCUT2D eigenvalue weighted by atomic mass is 16.3. The minimum atomic E-state index is -0.751. The summed E-state index contributed by atoms with van der Waals surface area (Å²) in [6.07, 6.45) is 4.70. The molecule has 1 heterocycles. The summed E-state index contributed by atoms with van der Waals surface area (Å²) >= 11 is 0. The van der Waals surface area contributed by atoms with E-state index < -0.39 is 5.60 Å². The van der Waals surface area contributed by atoms with E-state index in [4.69, 9.17) is 0 Å². The van der Waals surface area contributed by atoms with Crippen molar-refractivity contribution in [1.82, 2.24) is 20.5 Å². The molecule has 1 aliphatic rings. The predicted molar refractivity (Wildman–Crippen MR) is 61.5 cm³/mol. The van der Waals surface area contributed by atoms with Crippen molar-refractivity contribution in [2.45, 2.75) is 44.6 Å². The number of amides is 1. The van der Waals surface area contributed by atoms with Gasteiger partial charge in [-0.25, -0.2) is 4.98 Å². The van der Waals surface area contributed by atoms with E-state index in [-0.39, 0.29) is 18.3 Å². The Labute approximate surface area is 99.8 Å². The molecule has 0 unspecified atom stereocenters. The first kappa shape index (κ1) is 12.0. The summed E-state index contributed by atoms with van der Waals surface area (Å²) in [5, 5.41) is 19.3. The lowest BCUT2D eigenvalue weighted by molar-refractivity contribution is 0.00516. The third-order valence-electron chi connectivity index (χ3n) is 3.16. The maximum Gasteiger partial charge on any atom is 0.291 e. The summed E-state index contributed by atoms with van der Waals surface area (Å²) in [5.41, 5.74) is -0.751. The first-order valence-corrected chi connectivity index (χ1v) is 5.99. The molecule has 2 rings (SSSR count). The van der Waals surface area contributed by atoms with Gasteiger partial charge in [-0.1, -0.05) is 19.3 Å². The van der Waals surface area contributed by atoms with Crippen molar-refractivity contribution in [2.24, 2.45) is 0 Å². The van der Waals surface area contributed by atoms with Crippen LogP contribution in [0, 0.1) is 6.92 Å². The topological polar surface area (TPSA) is 90.9 Å². The molecule has 0 bridgehead atoms. The smallest absolute Gasteiger partial charge is 0.291 e. The Kier molecular flexibility index (Phi) is 3.42. The number of H-pyrrole nitrogens is 1. The second-order valence-electron chi connectivity index (χ2n) is 4.71. The number of nitrogens with zero attached hydrogens (tertiary/aromatic N) is 2. The van der Waals surface area contributed by atoms with Gasteiger partial charge in [0.25, 0.3) is 5.91 Å². The molecule has 1 aliphatic carbocycles. The van der Waals surface area contributed by atoms with Gasteiger partial charge < -0.3 is 10.4 Å². The van der Waals surface area contributed by atoms with Gasteiger partial charge in [-0.05, 0) is 19.8 Å². The molecule has 3 N–H and O–H groups in total. The number of rotatable bonds is 3. The Bertz CT molecular complexity index is 396. The number of aromatic amines is 1. The fraction of sp³-hybridized carbons (Fsp3) is 0.727. The third-order valence-corrected chi connectivity index (χ3v) is 3.16. The van der Waals surface area contributed by atoms with Crippen molar-refractivity contribution >= 4 is 5.91 Å². The zero-order chi connectivity index (χ0) is 12.3. The highest BCUT2D eigenvalue weighted by Gasteiger charge is 2.29. The van der Waals surface area contributed by atoms with Gasteiger partial charge in [0, 0.05) is 6.54 Å². The molecule has 0 aliphatic heterocycles. The minimum absolute atomic E-state index is 0.127. The molecule has 0 atom stereocenters. The second kappa shape index (κ2) is 4.83. The number of aliphatic hydroxyl groups is 1. The van der Waals surface area contributed by atoms with E-state index in [1.54, 1.807) is 6.92 Å². The quantitative estimate of drug-likeness (QED) is 0.716. The molecule has 0 spiro atoms. The third kappa shape index (κ3) is 3.03. The van der Waals surface area contributed by atoms with E-state index in [2.05, 4.69) is 20.5 Å². The highest BCUT2D eigenvalue weighted by Crippen LogP contribution is 2.27. The maximum absolute atomic E-state index is 11.7. The van der Waals surface area contributed by atoms with Crippen LogP contribution in [0.15, 0.2) is 0 Å². The lowest BCUT2D eigenvalue weighted by atomic mass is 9.85. The number of nitrogens with one attached hydrogen (secondary N) is 2. The minimum Gasteiger partial charge on any atom is -0.388 e. The number of hydrogen-bond donors (Lipinski definition) is 3. The molecule has 1 aromatic heterocycles. The number of carbonyl (C=O) groups is 1. The van der Waals surface area contributed by atoms with Gasteiger partial charge in [-0.3, -0.25) is 9.89 Å². The SMILES string of the molecule is Cc1nc(C(=O)NCC2(O)CCCCC2)n[nH]1. The molecule has 6 nitrogen and oxygen atoms in total. The van der Waals surface area contributed by atoms with E-state index in [1.807, 2.05) is 0 Å². The van der Waals surface area contributed by atoms with Crippen LogP contribution in [0.3, 0.4) is 0 Å². The van der Waals surface area contributed by atoms with Crippen molar-refractivity contribution in [3.05, 3.63) is 11.6 Å². The van der Waals surface area contributed by atoms with Gasteiger partial charge in [0.2, 0.25) is 5.82 Å². The average Bonchev–Trinajstić information content (AvgIpc) is 2.74. The van der Waals surface area contributed by atoms with Crippen LogP contribution in [0.25, 0.3) is 0 Å². The summed E-state index contributed by atoms with van der Waals surface area (Å²) in [5.74, 6) is 0.391. The second-order valence-corrected chi connectivity index (χ2v) is 4.71. The fourth-order valence-electron chi connectivity index (χ4n) is 2.15. The van der Waals surface area contributed by atoms with Crippen molar-refractivity contribution < 1.29 is 9.90 Å². The van der Waals surface area contributed by atoms with Crippen LogP contribution >= 0.6 is 0 Å². The molecule has 0 radical (unpaired) electrons. The van der Waals surface area contributed by atoms with E-state index in [0.717, 1.165) is 32.1 Å². The molecule has 1 amide bonds. The van der Waals surface area contributed by atoms with Crippen LogP contribution in [0.4, 0.5) is 0 Å². The van der Waals surface area contributed by atoms with Crippen LogP contribution < -0.4 is 5.32 Å². The van der Waals surface area contributed by atoms with E-state index in [9.17, 15) is 9.90 Å². The molecule has 0 aromatic carbocycles. The fourth-order valence-corrected chi connectivity index (χ4v) is 2.15. The van der Waals surface area contributed by atoms with Crippen molar-refractivity contribution in [1.29, 1.82) is 0 Å². The molecule has 0 saturated heterocycles. The number of carbonyl (C=O) groups excluding carboxylic acids is 1. The largest absolute Gasteiger partial charge is 0.388 e.